The van der Waals surface area contributed by atoms with Crippen LogP contribution in [0.5, 0.6) is 0 Å². The molecule has 0 radical (unpaired) electrons. The number of halogens is 1. The van der Waals surface area contributed by atoms with Gasteiger partial charge >= 0.3 is 0 Å². The standard InChI is InChI=1S/C24H26BrNO/c25-21-8-6-20(7-9-21)24-13-10-23(11-14-24,12-15-24)18-26-22-5-1-3-19(17-22)4-2-16-27/h1-9,16-17,26H,10-15,18H2/b4-2+. The van der Waals surface area contributed by atoms with Crippen molar-refractivity contribution < 1.29 is 4.79 Å². The van der Waals surface area contributed by atoms with Crippen molar-refractivity contribution in [1.29, 1.82) is 0 Å². The molecule has 3 aliphatic rings. The van der Waals surface area contributed by atoms with Crippen LogP contribution in [0.2, 0.25) is 0 Å². The predicted octanol–water partition coefficient (Wildman–Crippen LogP) is 6.37. The molecule has 1 N–H and O–H groups in total. The Morgan fingerprint density at radius 3 is 2.33 bits per heavy atom. The molecule has 0 aromatic heterocycles. The molecular weight excluding hydrogens is 398 g/mol. The molecule has 0 aliphatic heterocycles. The zero-order chi connectivity index (χ0) is 18.7. The third-order valence-electron chi connectivity index (χ3n) is 6.78. The summed E-state index contributed by atoms with van der Waals surface area (Å²) in [6.07, 6.45) is 12.0. The number of rotatable bonds is 6. The second-order valence-corrected chi connectivity index (χ2v) is 9.18. The normalized spacial score (nSPS) is 27.0. The quantitative estimate of drug-likeness (QED) is 0.432. The van der Waals surface area contributed by atoms with Crippen molar-refractivity contribution in [3.8, 4) is 0 Å². The zero-order valence-electron chi connectivity index (χ0n) is 15.6. The third-order valence-corrected chi connectivity index (χ3v) is 7.31. The number of carbonyl (C=O) groups is 1. The monoisotopic (exact) mass is 423 g/mol. The van der Waals surface area contributed by atoms with Crippen molar-refractivity contribution in [3.63, 3.8) is 0 Å². The van der Waals surface area contributed by atoms with E-state index in [4.69, 9.17) is 0 Å². The summed E-state index contributed by atoms with van der Waals surface area (Å²) in [6.45, 7) is 1.05. The van der Waals surface area contributed by atoms with Crippen molar-refractivity contribution in [2.24, 2.45) is 5.41 Å². The van der Waals surface area contributed by atoms with Crippen LogP contribution in [0.25, 0.3) is 6.08 Å². The number of anilines is 1. The number of nitrogens with one attached hydrogen (secondary N) is 1. The average molecular weight is 424 g/mol. The molecule has 0 atom stereocenters. The van der Waals surface area contributed by atoms with Gasteiger partial charge in [-0.25, -0.2) is 0 Å². The lowest BCUT2D eigenvalue weighted by Gasteiger charge is -2.54. The van der Waals surface area contributed by atoms with Crippen molar-refractivity contribution in [2.75, 3.05) is 11.9 Å². The summed E-state index contributed by atoms with van der Waals surface area (Å²) in [7, 11) is 0. The van der Waals surface area contributed by atoms with Gasteiger partial charge in [0.05, 0.1) is 0 Å². The number of fused-ring (bicyclic) bond motifs is 3. The summed E-state index contributed by atoms with van der Waals surface area (Å²) in [5, 5.41) is 3.68. The lowest BCUT2D eigenvalue weighted by molar-refractivity contribution is -0.104. The SMILES string of the molecule is O=C/C=C/c1cccc(NCC23CCC(c4ccc(Br)cc4)(CC2)CC3)c1. The number of carbonyl (C=O) groups excluding carboxylic acids is 1. The fourth-order valence-electron chi connectivity index (χ4n) is 4.96. The van der Waals surface area contributed by atoms with Gasteiger partial charge in [0.2, 0.25) is 0 Å². The number of allylic oxidation sites excluding steroid dienone is 1. The molecule has 3 saturated carbocycles. The predicted molar refractivity (Wildman–Crippen MR) is 116 cm³/mol. The largest absolute Gasteiger partial charge is 0.384 e. The molecule has 3 heteroatoms. The van der Waals surface area contributed by atoms with Crippen LogP contribution in [0, 0.1) is 5.41 Å². The van der Waals surface area contributed by atoms with E-state index in [-0.39, 0.29) is 0 Å². The minimum atomic E-state index is 0.405. The Kier molecular flexibility index (Phi) is 5.23. The van der Waals surface area contributed by atoms with Crippen molar-refractivity contribution in [2.45, 2.75) is 43.9 Å². The molecule has 0 amide bonds. The summed E-state index contributed by atoms with van der Waals surface area (Å²) in [6, 6.07) is 17.3. The average Bonchev–Trinajstić information content (AvgIpc) is 2.73. The van der Waals surface area contributed by atoms with Gasteiger partial charge in [0.1, 0.15) is 6.29 Å². The highest BCUT2D eigenvalue weighted by molar-refractivity contribution is 9.10. The van der Waals surface area contributed by atoms with Crippen LogP contribution in [0.15, 0.2) is 59.1 Å². The molecule has 2 nitrogen and oxygen atoms in total. The first-order valence-electron chi connectivity index (χ1n) is 9.85. The first kappa shape index (κ1) is 18.5. The number of aldehydes is 1. The van der Waals surface area contributed by atoms with E-state index in [2.05, 4.69) is 57.6 Å². The van der Waals surface area contributed by atoms with Crippen molar-refractivity contribution in [1.82, 2.24) is 0 Å². The van der Waals surface area contributed by atoms with Crippen molar-refractivity contribution >= 4 is 34.0 Å². The lowest BCUT2D eigenvalue weighted by Crippen LogP contribution is -2.47. The maximum atomic E-state index is 10.5. The number of hydrogen-bond donors (Lipinski definition) is 1. The Hall–Kier alpha value is -1.87. The van der Waals surface area contributed by atoms with Crippen LogP contribution in [-0.2, 0) is 10.2 Å². The maximum Gasteiger partial charge on any atom is 0.142 e. The summed E-state index contributed by atoms with van der Waals surface area (Å²) < 4.78 is 1.16. The van der Waals surface area contributed by atoms with Gasteiger partial charge in [-0.05, 0) is 90.8 Å². The molecule has 2 aromatic carbocycles. The lowest BCUT2D eigenvalue weighted by atomic mass is 9.52. The van der Waals surface area contributed by atoms with Gasteiger partial charge in [-0.15, -0.1) is 0 Å². The Morgan fingerprint density at radius 1 is 0.963 bits per heavy atom. The van der Waals surface area contributed by atoms with Gasteiger partial charge in [-0.3, -0.25) is 4.79 Å². The highest BCUT2D eigenvalue weighted by atomic mass is 79.9. The summed E-state index contributed by atoms with van der Waals surface area (Å²) >= 11 is 3.56. The van der Waals surface area contributed by atoms with Gasteiger partial charge in [0.15, 0.2) is 0 Å². The summed E-state index contributed by atoms with van der Waals surface area (Å²) in [5.74, 6) is 0. The maximum absolute atomic E-state index is 10.5. The number of hydrogen-bond acceptors (Lipinski definition) is 2. The third kappa shape index (κ3) is 3.89. The first-order chi connectivity index (χ1) is 13.1. The van der Waals surface area contributed by atoms with Crippen LogP contribution >= 0.6 is 15.9 Å². The molecule has 27 heavy (non-hydrogen) atoms. The van der Waals surface area contributed by atoms with Gasteiger partial charge in [-0.2, -0.15) is 0 Å². The van der Waals surface area contributed by atoms with Crippen LogP contribution < -0.4 is 5.32 Å². The fraction of sp³-hybridized carbons (Fsp3) is 0.375. The van der Waals surface area contributed by atoms with Crippen LogP contribution in [0.1, 0.15) is 49.7 Å². The van der Waals surface area contributed by atoms with E-state index in [1.165, 1.54) is 44.1 Å². The molecule has 5 rings (SSSR count). The topological polar surface area (TPSA) is 29.1 Å². The molecule has 0 saturated heterocycles. The van der Waals surface area contributed by atoms with Crippen molar-refractivity contribution in [3.05, 3.63) is 70.2 Å². The van der Waals surface area contributed by atoms with E-state index in [1.807, 2.05) is 18.2 Å². The van der Waals surface area contributed by atoms with Crippen LogP contribution in [-0.4, -0.2) is 12.8 Å². The number of benzene rings is 2. The Labute approximate surface area is 170 Å². The Balaban J connectivity index is 1.40. The second-order valence-electron chi connectivity index (χ2n) is 8.26. The molecular formula is C24H26BrNO. The van der Waals surface area contributed by atoms with E-state index in [0.29, 0.717) is 10.8 Å². The molecule has 0 unspecified atom stereocenters. The molecule has 0 heterocycles. The Bertz CT molecular complexity index is 815. The smallest absolute Gasteiger partial charge is 0.142 e. The van der Waals surface area contributed by atoms with Gasteiger partial charge in [0.25, 0.3) is 0 Å². The molecule has 3 fully saturated rings. The molecule has 3 aliphatic carbocycles. The molecule has 2 aromatic rings. The van der Waals surface area contributed by atoms with E-state index in [9.17, 15) is 4.79 Å². The van der Waals surface area contributed by atoms with Gasteiger partial charge in [0, 0.05) is 16.7 Å². The minimum absolute atomic E-state index is 0.405. The van der Waals surface area contributed by atoms with E-state index in [0.717, 1.165) is 28.6 Å². The minimum Gasteiger partial charge on any atom is -0.384 e. The molecule has 2 bridgehead atoms. The van der Waals surface area contributed by atoms with Gasteiger partial charge < -0.3 is 5.32 Å². The van der Waals surface area contributed by atoms with Crippen LogP contribution in [0.4, 0.5) is 5.69 Å². The van der Waals surface area contributed by atoms with Crippen LogP contribution in [0.3, 0.4) is 0 Å². The molecule has 140 valence electrons. The van der Waals surface area contributed by atoms with E-state index < -0.39 is 0 Å². The highest BCUT2D eigenvalue weighted by Crippen LogP contribution is 2.57. The Morgan fingerprint density at radius 2 is 1.67 bits per heavy atom. The summed E-state index contributed by atoms with van der Waals surface area (Å²) in [5.41, 5.74) is 4.58. The second kappa shape index (κ2) is 7.63. The molecule has 0 spiro atoms. The van der Waals surface area contributed by atoms with E-state index >= 15 is 0 Å². The fourth-order valence-corrected chi connectivity index (χ4v) is 5.22. The highest BCUT2D eigenvalue weighted by Gasteiger charge is 2.48. The zero-order valence-corrected chi connectivity index (χ0v) is 17.2. The van der Waals surface area contributed by atoms with Gasteiger partial charge in [-0.1, -0.05) is 46.3 Å². The summed E-state index contributed by atoms with van der Waals surface area (Å²) in [4.78, 5) is 10.5. The first-order valence-corrected chi connectivity index (χ1v) is 10.6. The van der Waals surface area contributed by atoms with E-state index in [1.54, 1.807) is 6.08 Å².